The quantitative estimate of drug-likeness (QED) is 0.749. The Bertz CT molecular complexity index is 524. The molecule has 2 N–H and O–H groups in total. The number of fused-ring (bicyclic) bond motifs is 1. The lowest BCUT2D eigenvalue weighted by Gasteiger charge is -2.19. The van der Waals surface area contributed by atoms with E-state index in [0.717, 1.165) is 11.1 Å². The molecule has 18 heavy (non-hydrogen) atoms. The van der Waals surface area contributed by atoms with E-state index in [2.05, 4.69) is 0 Å². The van der Waals surface area contributed by atoms with E-state index in [4.69, 9.17) is 5.11 Å². The summed E-state index contributed by atoms with van der Waals surface area (Å²) in [7, 11) is 0. The maximum Gasteiger partial charge on any atom is 0.299 e. The van der Waals surface area contributed by atoms with Gasteiger partial charge in [0.25, 0.3) is 11.7 Å². The van der Waals surface area contributed by atoms with Gasteiger partial charge in [-0.2, -0.15) is 0 Å². The van der Waals surface area contributed by atoms with Crippen molar-refractivity contribution < 1.29 is 19.8 Å². The highest BCUT2D eigenvalue weighted by Crippen LogP contribution is 2.32. The maximum absolute atomic E-state index is 11.9. The normalized spacial score (nSPS) is 16.1. The molecule has 1 aromatic rings. The van der Waals surface area contributed by atoms with Gasteiger partial charge < -0.3 is 15.1 Å². The van der Waals surface area contributed by atoms with E-state index >= 15 is 0 Å². The summed E-state index contributed by atoms with van der Waals surface area (Å²) >= 11 is 0. The van der Waals surface area contributed by atoms with Gasteiger partial charge in [0.2, 0.25) is 0 Å². The smallest absolute Gasteiger partial charge is 0.299 e. The fraction of sp³-hybridized carbons (Fsp3) is 0.385. The summed E-state index contributed by atoms with van der Waals surface area (Å²) in [6.45, 7) is 3.14. The van der Waals surface area contributed by atoms with Crippen molar-refractivity contribution in [3.05, 3.63) is 28.8 Å². The molecule has 0 bridgehead atoms. The Balaban J connectivity index is 2.48. The molecular weight excluding hydrogens is 234 g/mol. The first-order chi connectivity index (χ1) is 8.45. The zero-order chi connectivity index (χ0) is 13.4. The Morgan fingerprint density at radius 3 is 2.56 bits per heavy atom. The van der Waals surface area contributed by atoms with Crippen LogP contribution in [0.15, 0.2) is 12.1 Å². The van der Waals surface area contributed by atoms with Gasteiger partial charge in [-0.15, -0.1) is 0 Å². The van der Waals surface area contributed by atoms with Crippen LogP contribution in [0.2, 0.25) is 0 Å². The number of nitrogens with zero attached hydrogens (tertiary/aromatic N) is 1. The molecule has 5 nitrogen and oxygen atoms in total. The minimum atomic E-state index is -1.05. The van der Waals surface area contributed by atoms with Crippen molar-refractivity contribution in [3.8, 4) is 0 Å². The standard InChI is InChI=1S/C13H15NO4/c1-7-3-8(2)11-10(4-7)14(5-9(16)6-15)13(18)12(11)17/h3-4,9,15-16H,5-6H2,1-2H3. The van der Waals surface area contributed by atoms with Gasteiger partial charge in [0, 0.05) is 0 Å². The van der Waals surface area contributed by atoms with Crippen LogP contribution in [0, 0.1) is 13.8 Å². The molecule has 1 aliphatic heterocycles. The first-order valence-corrected chi connectivity index (χ1v) is 5.72. The Kier molecular flexibility index (Phi) is 3.19. The third kappa shape index (κ3) is 1.91. The van der Waals surface area contributed by atoms with Crippen molar-refractivity contribution >= 4 is 17.4 Å². The van der Waals surface area contributed by atoms with Crippen LogP contribution >= 0.6 is 0 Å². The highest BCUT2D eigenvalue weighted by Gasteiger charge is 2.37. The molecule has 1 amide bonds. The minimum Gasteiger partial charge on any atom is -0.394 e. The number of aryl methyl sites for hydroxylation is 2. The van der Waals surface area contributed by atoms with E-state index in [1.54, 1.807) is 13.0 Å². The average Bonchev–Trinajstić information content (AvgIpc) is 2.54. The first kappa shape index (κ1) is 12.7. The van der Waals surface area contributed by atoms with Crippen molar-refractivity contribution in [2.24, 2.45) is 0 Å². The van der Waals surface area contributed by atoms with Crippen LogP contribution in [-0.4, -0.2) is 41.2 Å². The average molecular weight is 249 g/mol. The van der Waals surface area contributed by atoms with E-state index in [1.165, 1.54) is 4.90 Å². The van der Waals surface area contributed by atoms with Gasteiger partial charge in [-0.25, -0.2) is 0 Å². The molecule has 0 fully saturated rings. The predicted molar refractivity (Wildman–Crippen MR) is 65.7 cm³/mol. The number of aliphatic hydroxyl groups is 2. The fourth-order valence-corrected chi connectivity index (χ4v) is 2.24. The number of anilines is 1. The minimum absolute atomic E-state index is 0.0725. The SMILES string of the molecule is Cc1cc(C)c2c(c1)N(CC(O)CO)C(=O)C2=O. The van der Waals surface area contributed by atoms with E-state index < -0.39 is 24.4 Å². The third-order valence-corrected chi connectivity index (χ3v) is 3.02. The molecule has 0 saturated carbocycles. The number of rotatable bonds is 3. The van der Waals surface area contributed by atoms with Gasteiger partial charge in [-0.3, -0.25) is 9.59 Å². The summed E-state index contributed by atoms with van der Waals surface area (Å²) < 4.78 is 0. The molecule has 0 aromatic heterocycles. The highest BCUT2D eigenvalue weighted by atomic mass is 16.3. The lowest BCUT2D eigenvalue weighted by Crippen LogP contribution is -2.38. The van der Waals surface area contributed by atoms with E-state index in [-0.39, 0.29) is 6.54 Å². The molecule has 1 heterocycles. The van der Waals surface area contributed by atoms with Crippen molar-refractivity contribution in [1.29, 1.82) is 0 Å². The van der Waals surface area contributed by atoms with Gasteiger partial charge in [-0.05, 0) is 31.0 Å². The second-order valence-electron chi connectivity index (χ2n) is 4.56. The number of amides is 1. The van der Waals surface area contributed by atoms with E-state index in [1.807, 2.05) is 13.0 Å². The Hall–Kier alpha value is -1.72. The van der Waals surface area contributed by atoms with E-state index in [0.29, 0.717) is 11.3 Å². The van der Waals surface area contributed by atoms with Crippen LogP contribution in [0.5, 0.6) is 0 Å². The van der Waals surface area contributed by atoms with Crippen LogP contribution in [0.25, 0.3) is 0 Å². The number of benzene rings is 1. The van der Waals surface area contributed by atoms with Gasteiger partial charge in [0.1, 0.15) is 0 Å². The lowest BCUT2D eigenvalue weighted by atomic mass is 10.0. The number of aliphatic hydroxyl groups excluding tert-OH is 2. The molecule has 2 rings (SSSR count). The third-order valence-electron chi connectivity index (χ3n) is 3.02. The monoisotopic (exact) mass is 249 g/mol. The summed E-state index contributed by atoms with van der Waals surface area (Å²) in [6, 6.07) is 3.59. The predicted octanol–water partition coefficient (Wildman–Crippen LogP) is 0.186. The molecular formula is C13H15NO4. The van der Waals surface area contributed by atoms with Gasteiger partial charge in [-0.1, -0.05) is 6.07 Å². The summed E-state index contributed by atoms with van der Waals surface area (Å²) in [5.74, 6) is -1.20. The summed E-state index contributed by atoms with van der Waals surface area (Å²) in [6.07, 6.45) is -1.05. The fourth-order valence-electron chi connectivity index (χ4n) is 2.24. The summed E-state index contributed by atoms with van der Waals surface area (Å²) in [5, 5.41) is 18.3. The topological polar surface area (TPSA) is 77.8 Å². The molecule has 1 aliphatic rings. The number of β-amino-alcohol motifs (C(OH)–C–C–N with tert-alkyl or cyclic N) is 1. The second-order valence-corrected chi connectivity index (χ2v) is 4.56. The van der Waals surface area contributed by atoms with Crippen molar-refractivity contribution in [3.63, 3.8) is 0 Å². The van der Waals surface area contributed by atoms with Crippen molar-refractivity contribution in [2.75, 3.05) is 18.1 Å². The van der Waals surface area contributed by atoms with Gasteiger partial charge in [0.15, 0.2) is 0 Å². The molecule has 0 aliphatic carbocycles. The first-order valence-electron chi connectivity index (χ1n) is 5.72. The molecule has 1 aromatic carbocycles. The van der Waals surface area contributed by atoms with Crippen LogP contribution in [0.3, 0.4) is 0 Å². The molecule has 0 radical (unpaired) electrons. The van der Waals surface area contributed by atoms with Crippen LogP contribution in [0.1, 0.15) is 21.5 Å². The van der Waals surface area contributed by atoms with Gasteiger partial charge >= 0.3 is 0 Å². The number of carbonyl (C=O) groups is 2. The summed E-state index contributed by atoms with van der Waals surface area (Å²) in [5.41, 5.74) is 2.62. The Morgan fingerprint density at radius 1 is 1.28 bits per heavy atom. The lowest BCUT2D eigenvalue weighted by molar-refractivity contribution is -0.114. The molecule has 5 heteroatoms. The number of carbonyl (C=O) groups excluding carboxylic acids is 2. The molecule has 96 valence electrons. The van der Waals surface area contributed by atoms with Gasteiger partial charge in [0.05, 0.1) is 30.5 Å². The molecule has 1 unspecified atom stereocenters. The number of ketones is 1. The van der Waals surface area contributed by atoms with Crippen LogP contribution in [0.4, 0.5) is 5.69 Å². The van der Waals surface area contributed by atoms with Crippen molar-refractivity contribution in [2.45, 2.75) is 20.0 Å². The maximum atomic E-state index is 11.9. The van der Waals surface area contributed by atoms with E-state index in [9.17, 15) is 14.7 Å². The molecule has 1 atom stereocenters. The zero-order valence-corrected chi connectivity index (χ0v) is 10.3. The van der Waals surface area contributed by atoms with Crippen LogP contribution < -0.4 is 4.90 Å². The largest absolute Gasteiger partial charge is 0.394 e. The summed E-state index contributed by atoms with van der Waals surface area (Å²) in [4.78, 5) is 25.0. The highest BCUT2D eigenvalue weighted by molar-refractivity contribution is 6.52. The van der Waals surface area contributed by atoms with Crippen LogP contribution in [-0.2, 0) is 4.79 Å². The Labute approximate surface area is 105 Å². The zero-order valence-electron chi connectivity index (χ0n) is 10.3. The number of Topliss-reactive ketones (excluding diaryl/α,β-unsaturated/α-hetero) is 1. The number of hydrogen-bond donors (Lipinski definition) is 2. The second kappa shape index (κ2) is 4.51. The van der Waals surface area contributed by atoms with Crippen molar-refractivity contribution in [1.82, 2.24) is 0 Å². The number of hydrogen-bond acceptors (Lipinski definition) is 4. The molecule has 0 saturated heterocycles. The Morgan fingerprint density at radius 2 is 1.94 bits per heavy atom. The molecule has 0 spiro atoms.